The number of nitrogens with one attached hydrogen (secondary N) is 2. The van der Waals surface area contributed by atoms with E-state index < -0.39 is 12.0 Å². The maximum atomic E-state index is 11.9. The lowest BCUT2D eigenvalue weighted by Crippen LogP contribution is -2.19. The first-order valence-electron chi connectivity index (χ1n) is 6.34. The molecule has 22 heavy (non-hydrogen) atoms. The number of benzene rings is 1. The molecule has 0 aliphatic heterocycles. The number of nitrogens with zero attached hydrogens (tertiary/aromatic N) is 2. The van der Waals surface area contributed by atoms with Gasteiger partial charge in [-0.1, -0.05) is 0 Å². The predicted molar refractivity (Wildman–Crippen MR) is 84.6 cm³/mol. The van der Waals surface area contributed by atoms with Gasteiger partial charge in [-0.2, -0.15) is 0 Å². The van der Waals surface area contributed by atoms with Crippen molar-refractivity contribution in [1.29, 1.82) is 0 Å². The molecule has 8 heteroatoms. The van der Waals surface area contributed by atoms with E-state index in [0.29, 0.717) is 21.7 Å². The summed E-state index contributed by atoms with van der Waals surface area (Å²) in [5.74, 6) is -1.07. The van der Waals surface area contributed by atoms with E-state index >= 15 is 0 Å². The van der Waals surface area contributed by atoms with Crippen molar-refractivity contribution in [2.24, 2.45) is 7.05 Å². The zero-order valence-electron chi connectivity index (χ0n) is 11.5. The van der Waals surface area contributed by atoms with Crippen LogP contribution in [-0.4, -0.2) is 26.7 Å². The highest BCUT2D eigenvalue weighted by molar-refractivity contribution is 7.14. The van der Waals surface area contributed by atoms with Crippen LogP contribution in [0.2, 0.25) is 0 Å². The number of fused-ring (bicyclic) bond motifs is 1. The Morgan fingerprint density at radius 2 is 2.14 bits per heavy atom. The fourth-order valence-corrected chi connectivity index (χ4v) is 2.77. The number of carboxylic acids is 1. The van der Waals surface area contributed by atoms with Gasteiger partial charge in [0.05, 0.1) is 27.9 Å². The Labute approximate surface area is 129 Å². The summed E-state index contributed by atoms with van der Waals surface area (Å²) in [6.07, 6.45) is 1.53. The van der Waals surface area contributed by atoms with Gasteiger partial charge in [-0.05, 0) is 29.6 Å². The van der Waals surface area contributed by atoms with Crippen molar-refractivity contribution in [3.63, 3.8) is 0 Å². The number of aromatic carboxylic acids is 1. The third-order valence-corrected chi connectivity index (χ3v) is 3.84. The van der Waals surface area contributed by atoms with Gasteiger partial charge in [0.1, 0.15) is 0 Å². The van der Waals surface area contributed by atoms with Gasteiger partial charge < -0.3 is 15.0 Å². The number of hydrogen-bond acceptors (Lipinski definition) is 4. The first kappa shape index (κ1) is 14.1. The molecule has 2 heterocycles. The van der Waals surface area contributed by atoms with E-state index in [9.17, 15) is 14.7 Å². The number of carbonyl (C=O) groups excluding carboxylic acids is 1. The van der Waals surface area contributed by atoms with Gasteiger partial charge in [-0.3, -0.25) is 5.32 Å². The van der Waals surface area contributed by atoms with Crippen LogP contribution in [0.15, 0.2) is 36.0 Å². The summed E-state index contributed by atoms with van der Waals surface area (Å²) in [7, 11) is 1.72. The highest BCUT2D eigenvalue weighted by atomic mass is 32.1. The molecular weight excluding hydrogens is 304 g/mol. The Hall–Kier alpha value is -2.87. The minimum Gasteiger partial charge on any atom is -0.478 e. The molecule has 0 bridgehead atoms. The van der Waals surface area contributed by atoms with Gasteiger partial charge in [-0.15, -0.1) is 11.3 Å². The number of rotatable bonds is 3. The molecule has 2 amide bonds. The van der Waals surface area contributed by atoms with Crippen molar-refractivity contribution in [3.05, 3.63) is 41.5 Å². The van der Waals surface area contributed by atoms with E-state index in [2.05, 4.69) is 15.6 Å². The molecule has 0 aliphatic rings. The van der Waals surface area contributed by atoms with Gasteiger partial charge >= 0.3 is 12.0 Å². The molecule has 7 nitrogen and oxygen atoms in total. The van der Waals surface area contributed by atoms with E-state index in [4.69, 9.17) is 0 Å². The Bertz CT molecular complexity index is 854. The van der Waals surface area contributed by atoms with Crippen LogP contribution in [0.4, 0.5) is 15.5 Å². The number of carboxylic acid groups (broad SMARTS) is 1. The Balaban J connectivity index is 1.91. The van der Waals surface area contributed by atoms with Crippen LogP contribution in [-0.2, 0) is 7.05 Å². The van der Waals surface area contributed by atoms with Crippen LogP contribution >= 0.6 is 11.3 Å². The lowest BCUT2D eigenvalue weighted by molar-refractivity contribution is 0.0698. The average Bonchev–Trinajstić information content (AvgIpc) is 3.08. The van der Waals surface area contributed by atoms with Gasteiger partial charge in [0.15, 0.2) is 0 Å². The molecule has 112 valence electrons. The van der Waals surface area contributed by atoms with Crippen LogP contribution in [0, 0.1) is 0 Å². The van der Waals surface area contributed by atoms with Crippen LogP contribution in [0.25, 0.3) is 11.0 Å². The molecule has 3 aromatic rings. The molecule has 2 aromatic heterocycles. The van der Waals surface area contributed by atoms with Gasteiger partial charge in [0.25, 0.3) is 0 Å². The smallest absolute Gasteiger partial charge is 0.337 e. The summed E-state index contributed by atoms with van der Waals surface area (Å²) < 4.78 is 1.63. The maximum absolute atomic E-state index is 11.9. The normalized spacial score (nSPS) is 10.6. The van der Waals surface area contributed by atoms with Gasteiger partial charge in [0, 0.05) is 12.7 Å². The third kappa shape index (κ3) is 2.63. The van der Waals surface area contributed by atoms with E-state index in [1.807, 2.05) is 11.4 Å². The molecule has 3 N–H and O–H groups in total. The Morgan fingerprint density at radius 3 is 2.82 bits per heavy atom. The van der Waals surface area contributed by atoms with E-state index in [0.717, 1.165) is 0 Å². The van der Waals surface area contributed by atoms with Crippen LogP contribution in [0.3, 0.4) is 0 Å². The summed E-state index contributed by atoms with van der Waals surface area (Å²) >= 11 is 1.39. The molecule has 0 saturated heterocycles. The number of anilines is 2. The summed E-state index contributed by atoms with van der Waals surface area (Å²) in [6, 6.07) is 6.21. The van der Waals surface area contributed by atoms with Gasteiger partial charge in [0.2, 0.25) is 0 Å². The highest BCUT2D eigenvalue weighted by Gasteiger charge is 2.15. The zero-order chi connectivity index (χ0) is 15.7. The number of amides is 2. The quantitative estimate of drug-likeness (QED) is 0.692. The highest BCUT2D eigenvalue weighted by Crippen LogP contribution is 2.23. The van der Waals surface area contributed by atoms with Gasteiger partial charge in [-0.25, -0.2) is 14.6 Å². The van der Waals surface area contributed by atoms with Crippen molar-refractivity contribution in [3.8, 4) is 0 Å². The largest absolute Gasteiger partial charge is 0.478 e. The van der Waals surface area contributed by atoms with Crippen molar-refractivity contribution in [1.82, 2.24) is 9.55 Å². The molecule has 1 aromatic carbocycles. The van der Waals surface area contributed by atoms with E-state index in [-0.39, 0.29) is 5.56 Å². The van der Waals surface area contributed by atoms with E-state index in [1.54, 1.807) is 23.7 Å². The van der Waals surface area contributed by atoms with Crippen LogP contribution in [0.1, 0.15) is 10.4 Å². The summed E-state index contributed by atoms with van der Waals surface area (Å²) in [5.41, 5.74) is 1.48. The number of thiophene rings is 1. The topological polar surface area (TPSA) is 96.3 Å². The lowest BCUT2D eigenvalue weighted by atomic mass is 10.1. The van der Waals surface area contributed by atoms with E-state index in [1.165, 1.54) is 23.7 Å². The van der Waals surface area contributed by atoms with Crippen molar-refractivity contribution in [2.75, 3.05) is 10.6 Å². The fourth-order valence-electron chi connectivity index (χ4n) is 2.15. The third-order valence-electron chi connectivity index (χ3n) is 3.06. The monoisotopic (exact) mass is 316 g/mol. The number of urea groups is 1. The van der Waals surface area contributed by atoms with Crippen LogP contribution < -0.4 is 10.6 Å². The second-order valence-electron chi connectivity index (χ2n) is 4.61. The fraction of sp³-hybridized carbons (Fsp3) is 0.0714. The second kappa shape index (κ2) is 5.49. The van der Waals surface area contributed by atoms with Crippen molar-refractivity contribution in [2.45, 2.75) is 0 Å². The molecule has 0 fully saturated rings. The minimum atomic E-state index is -1.07. The van der Waals surface area contributed by atoms with Crippen LogP contribution in [0.5, 0.6) is 0 Å². The lowest BCUT2D eigenvalue weighted by Gasteiger charge is -2.08. The second-order valence-corrected chi connectivity index (χ2v) is 5.56. The molecule has 0 unspecified atom stereocenters. The number of aromatic nitrogens is 2. The SMILES string of the molecule is Cn1cnc2cc(NC(=O)Nc3cccs3)cc(C(=O)O)c21. The summed E-state index contributed by atoms with van der Waals surface area (Å²) in [4.78, 5) is 27.4. The zero-order valence-corrected chi connectivity index (χ0v) is 12.3. The number of hydrogen-bond donors (Lipinski definition) is 3. The maximum Gasteiger partial charge on any atom is 0.337 e. The first-order chi connectivity index (χ1) is 10.5. The van der Waals surface area contributed by atoms with Crippen molar-refractivity contribution < 1.29 is 14.7 Å². The van der Waals surface area contributed by atoms with Crippen molar-refractivity contribution >= 4 is 45.1 Å². The summed E-state index contributed by atoms with van der Waals surface area (Å²) in [5, 5.41) is 17.2. The Kier molecular flexibility index (Phi) is 3.51. The first-order valence-corrected chi connectivity index (χ1v) is 7.22. The molecular formula is C14H12N4O3S. The standard InChI is InChI=1S/C14H12N4O3S/c1-18-7-15-10-6-8(5-9(12(10)18)13(19)20)16-14(21)17-11-3-2-4-22-11/h2-7H,1H3,(H,19,20)(H2,16,17,21). The molecule has 0 spiro atoms. The number of imidazole rings is 1. The number of carbonyl (C=O) groups is 2. The molecule has 0 radical (unpaired) electrons. The molecule has 0 atom stereocenters. The summed E-state index contributed by atoms with van der Waals surface area (Å²) in [6.45, 7) is 0. The number of aryl methyl sites for hydroxylation is 1. The predicted octanol–water partition coefficient (Wildman–Crippen LogP) is 2.98. The minimum absolute atomic E-state index is 0.0870. The molecule has 3 rings (SSSR count). The molecule has 0 aliphatic carbocycles. The Morgan fingerprint density at radius 1 is 1.32 bits per heavy atom. The molecule has 0 saturated carbocycles. The average molecular weight is 316 g/mol.